The zero-order valence-corrected chi connectivity index (χ0v) is 23.4. The Bertz CT molecular complexity index is 1810. The van der Waals surface area contributed by atoms with Gasteiger partial charge in [0.25, 0.3) is 0 Å². The van der Waals surface area contributed by atoms with Crippen molar-refractivity contribution < 1.29 is 4.52 Å². The Kier molecular flexibility index (Phi) is 6.41. The van der Waals surface area contributed by atoms with Crippen molar-refractivity contribution in [3.05, 3.63) is 64.4 Å². The molecule has 1 atom stereocenters. The van der Waals surface area contributed by atoms with Gasteiger partial charge in [0.05, 0.1) is 27.8 Å². The molecule has 1 saturated heterocycles. The van der Waals surface area contributed by atoms with Gasteiger partial charge in [-0.25, -0.2) is 19.7 Å². The lowest BCUT2D eigenvalue weighted by Gasteiger charge is -2.28. The third kappa shape index (κ3) is 4.82. The third-order valence-electron chi connectivity index (χ3n) is 8.04. The first-order valence-corrected chi connectivity index (χ1v) is 14.2. The molecule has 2 aliphatic rings. The summed E-state index contributed by atoms with van der Waals surface area (Å²) in [5.74, 6) is 1.68. The Morgan fingerprint density at radius 1 is 1.17 bits per heavy atom. The van der Waals surface area contributed by atoms with Crippen LogP contribution >= 0.6 is 11.6 Å². The summed E-state index contributed by atoms with van der Waals surface area (Å²) in [4.78, 5) is 35.8. The summed E-state index contributed by atoms with van der Waals surface area (Å²) >= 11 is 6.39. The molecule has 6 heterocycles. The van der Waals surface area contributed by atoms with Gasteiger partial charge >= 0.3 is 5.76 Å². The van der Waals surface area contributed by atoms with Crippen molar-refractivity contribution in [1.29, 1.82) is 0 Å². The van der Waals surface area contributed by atoms with Crippen LogP contribution in [0.2, 0.25) is 5.02 Å². The van der Waals surface area contributed by atoms with Gasteiger partial charge in [-0.05, 0) is 56.6 Å². The number of aromatic nitrogens is 9. The Labute approximate surface area is 240 Å². The van der Waals surface area contributed by atoms with Gasteiger partial charge in [0.15, 0.2) is 5.82 Å². The van der Waals surface area contributed by atoms with E-state index in [0.717, 1.165) is 80.0 Å². The second kappa shape index (κ2) is 10.3. The molecule has 210 valence electrons. The predicted molar refractivity (Wildman–Crippen MR) is 153 cm³/mol. The lowest BCUT2D eigenvalue weighted by molar-refractivity contribution is 0.362. The minimum Gasteiger partial charge on any atom is -0.332 e. The molecule has 1 aliphatic carbocycles. The first kappa shape index (κ1) is 25.6. The summed E-state index contributed by atoms with van der Waals surface area (Å²) in [7, 11) is 1.88. The van der Waals surface area contributed by atoms with Crippen molar-refractivity contribution in [2.75, 3.05) is 11.4 Å². The van der Waals surface area contributed by atoms with Gasteiger partial charge in [-0.2, -0.15) is 5.10 Å². The molecular weight excluding hydrogens is 544 g/mol. The van der Waals surface area contributed by atoms with Crippen molar-refractivity contribution in [2.24, 2.45) is 13.0 Å². The highest BCUT2D eigenvalue weighted by atomic mass is 35.5. The largest absolute Gasteiger partial charge is 0.439 e. The molecule has 0 aromatic carbocycles. The Morgan fingerprint density at radius 3 is 2.76 bits per heavy atom. The molecule has 0 bridgehead atoms. The van der Waals surface area contributed by atoms with Crippen molar-refractivity contribution in [2.45, 2.75) is 51.1 Å². The van der Waals surface area contributed by atoms with Crippen LogP contribution in [-0.2, 0) is 13.6 Å². The minimum absolute atomic E-state index is 0.00788. The van der Waals surface area contributed by atoms with Crippen molar-refractivity contribution in [3.8, 4) is 22.8 Å². The fourth-order valence-corrected chi connectivity index (χ4v) is 6.22. The van der Waals surface area contributed by atoms with E-state index in [1.165, 1.54) is 5.57 Å². The monoisotopic (exact) mass is 572 g/mol. The summed E-state index contributed by atoms with van der Waals surface area (Å²) in [5, 5.41) is 9.02. The van der Waals surface area contributed by atoms with Crippen molar-refractivity contribution in [3.63, 3.8) is 0 Å². The molecule has 13 heteroatoms. The van der Waals surface area contributed by atoms with Gasteiger partial charge in [-0.15, -0.1) is 0 Å². The predicted octanol–water partition coefficient (Wildman–Crippen LogP) is 4.71. The first-order valence-electron chi connectivity index (χ1n) is 13.8. The Balaban J connectivity index is 1.45. The van der Waals surface area contributed by atoms with Crippen LogP contribution in [0, 0.1) is 5.92 Å². The summed E-state index contributed by atoms with van der Waals surface area (Å²) < 4.78 is 8.83. The van der Waals surface area contributed by atoms with E-state index in [0.29, 0.717) is 22.3 Å². The van der Waals surface area contributed by atoms with Gasteiger partial charge in [-0.1, -0.05) is 28.9 Å². The first-order chi connectivity index (χ1) is 19.9. The maximum Gasteiger partial charge on any atom is 0.439 e. The molecule has 2 fully saturated rings. The van der Waals surface area contributed by atoms with Crippen LogP contribution in [0.5, 0.6) is 0 Å². The van der Waals surface area contributed by atoms with Crippen LogP contribution in [0.3, 0.4) is 0 Å². The van der Waals surface area contributed by atoms with E-state index in [9.17, 15) is 4.79 Å². The second-order valence-electron chi connectivity index (χ2n) is 10.9. The number of fused-ring (bicyclic) bond motifs is 1. The zero-order valence-electron chi connectivity index (χ0n) is 22.6. The van der Waals surface area contributed by atoms with Gasteiger partial charge in [0, 0.05) is 38.1 Å². The molecule has 1 N–H and O–H groups in total. The number of H-pyrrole nitrogens is 1. The topological polar surface area (TPSA) is 136 Å². The molecule has 1 aliphatic heterocycles. The highest BCUT2D eigenvalue weighted by Gasteiger charge is 2.34. The number of imidazole rings is 1. The average molecular weight is 573 g/mol. The number of pyridine rings is 2. The number of halogens is 1. The molecule has 5 aromatic heterocycles. The minimum atomic E-state index is -0.652. The average Bonchev–Trinajstić information content (AvgIpc) is 3.76. The molecule has 41 heavy (non-hydrogen) atoms. The van der Waals surface area contributed by atoms with Crippen LogP contribution in [0.15, 0.2) is 52.3 Å². The van der Waals surface area contributed by atoms with E-state index < -0.39 is 5.76 Å². The molecule has 12 nitrogen and oxygen atoms in total. The van der Waals surface area contributed by atoms with Gasteiger partial charge < -0.3 is 9.47 Å². The highest BCUT2D eigenvalue weighted by molar-refractivity contribution is 6.30. The normalized spacial score (nSPS) is 18.1. The standard InChI is InChI=1S/C28H29ClN10O2/c1-16-5-7-17(8-6-16)14-39-24-20(33-27(39)38-9-3-4-22(38)26-31-15-37(2)35-26)11-21(25-34-28(40)41-36-25)32-23(24)18-10-19(29)13-30-12-18/h10-13,15,17,22H,1,3-9,14H2,2H3,(H,34,36,40). The maximum absolute atomic E-state index is 11.8. The highest BCUT2D eigenvalue weighted by Crippen LogP contribution is 2.40. The number of nitrogens with one attached hydrogen (secondary N) is 1. The fourth-order valence-electron chi connectivity index (χ4n) is 6.05. The van der Waals surface area contributed by atoms with E-state index in [1.807, 2.05) is 19.2 Å². The molecule has 0 radical (unpaired) electrons. The molecule has 1 unspecified atom stereocenters. The van der Waals surface area contributed by atoms with E-state index in [2.05, 4.69) is 41.3 Å². The number of hydrogen-bond acceptors (Lipinski definition) is 9. The summed E-state index contributed by atoms with van der Waals surface area (Å²) in [6.07, 6.45) is 11.2. The van der Waals surface area contributed by atoms with Crippen LogP contribution in [0.4, 0.5) is 5.95 Å². The lowest BCUT2D eigenvalue weighted by Crippen LogP contribution is -2.28. The second-order valence-corrected chi connectivity index (χ2v) is 11.3. The number of hydrogen-bond donors (Lipinski definition) is 1. The smallest absolute Gasteiger partial charge is 0.332 e. The van der Waals surface area contributed by atoms with Crippen molar-refractivity contribution >= 4 is 28.6 Å². The molecule has 0 amide bonds. The molecule has 7 rings (SSSR count). The number of aryl methyl sites for hydroxylation is 1. The third-order valence-corrected chi connectivity index (χ3v) is 8.25. The number of aromatic amines is 1. The number of allylic oxidation sites excluding steroid dienone is 1. The van der Waals surface area contributed by atoms with Gasteiger partial charge in [-0.3, -0.25) is 19.2 Å². The van der Waals surface area contributed by atoms with E-state index >= 15 is 0 Å². The van der Waals surface area contributed by atoms with Crippen LogP contribution in [-0.4, -0.2) is 51.0 Å². The van der Waals surface area contributed by atoms with Crippen LogP contribution in [0.1, 0.15) is 50.4 Å². The molecular formula is C28H29ClN10O2. The van der Waals surface area contributed by atoms with E-state index in [1.54, 1.807) is 23.4 Å². The fraction of sp³-hybridized carbons (Fsp3) is 0.393. The maximum atomic E-state index is 11.8. The van der Waals surface area contributed by atoms with Crippen LogP contribution < -0.4 is 10.7 Å². The lowest BCUT2D eigenvalue weighted by atomic mass is 9.86. The number of rotatable bonds is 6. The van der Waals surface area contributed by atoms with Gasteiger partial charge in [0.2, 0.25) is 11.8 Å². The SMILES string of the molecule is C=C1CCC(Cn2c(N3CCCC3c3ncn(C)n3)nc3cc(-c4noc(=O)[nH]4)nc(-c4cncc(Cl)c4)c32)CC1. The van der Waals surface area contributed by atoms with Gasteiger partial charge in [0.1, 0.15) is 12.0 Å². The number of nitrogens with zero attached hydrogens (tertiary/aromatic N) is 9. The molecule has 1 saturated carbocycles. The zero-order chi connectivity index (χ0) is 28.1. The van der Waals surface area contributed by atoms with E-state index in [4.69, 9.17) is 26.1 Å². The summed E-state index contributed by atoms with van der Waals surface area (Å²) in [5.41, 5.74) is 4.75. The van der Waals surface area contributed by atoms with Crippen molar-refractivity contribution in [1.82, 2.24) is 44.4 Å². The molecule has 5 aromatic rings. The molecule has 0 spiro atoms. The number of anilines is 1. The summed E-state index contributed by atoms with van der Waals surface area (Å²) in [6, 6.07) is 3.69. The summed E-state index contributed by atoms with van der Waals surface area (Å²) in [6.45, 7) is 5.82. The Hall–Kier alpha value is -4.32. The van der Waals surface area contributed by atoms with E-state index in [-0.39, 0.29) is 11.9 Å². The Morgan fingerprint density at radius 2 is 2.02 bits per heavy atom. The quantitative estimate of drug-likeness (QED) is 0.287. The van der Waals surface area contributed by atoms with Crippen LogP contribution in [0.25, 0.3) is 33.8 Å².